The first-order valence-corrected chi connectivity index (χ1v) is 9.31. The van der Waals surface area contributed by atoms with Crippen LogP contribution in [0, 0.1) is 0 Å². The van der Waals surface area contributed by atoms with Gasteiger partial charge in [0.25, 0.3) is 0 Å². The number of sulfonamides is 1. The van der Waals surface area contributed by atoms with E-state index in [-0.39, 0.29) is 12.3 Å². The minimum atomic E-state index is -3.49. The molecule has 0 fully saturated rings. The first kappa shape index (κ1) is 18.2. The van der Waals surface area contributed by atoms with Crippen molar-refractivity contribution in [3.8, 4) is 0 Å². The number of hydrogen-bond acceptors (Lipinski definition) is 3. The van der Waals surface area contributed by atoms with Crippen molar-refractivity contribution in [2.45, 2.75) is 11.9 Å². The van der Waals surface area contributed by atoms with Gasteiger partial charge < -0.3 is 4.74 Å². The van der Waals surface area contributed by atoms with Crippen molar-refractivity contribution in [3.05, 3.63) is 69.7 Å². The highest BCUT2D eigenvalue weighted by Gasteiger charge is 2.18. The van der Waals surface area contributed by atoms with Gasteiger partial charge in [0.05, 0.1) is 11.9 Å². The second kappa shape index (κ2) is 8.13. The maximum absolute atomic E-state index is 12.2. The van der Waals surface area contributed by atoms with Crippen LogP contribution in [-0.2, 0) is 20.5 Å². The van der Waals surface area contributed by atoms with Crippen LogP contribution in [0.3, 0.4) is 0 Å². The lowest BCUT2D eigenvalue weighted by molar-refractivity contribution is 0.107. The third kappa shape index (κ3) is 5.48. The third-order valence-corrected chi connectivity index (χ3v) is 5.21. The van der Waals surface area contributed by atoms with Crippen LogP contribution >= 0.6 is 23.2 Å². The van der Waals surface area contributed by atoms with Gasteiger partial charge in [-0.25, -0.2) is 13.1 Å². The lowest BCUT2D eigenvalue weighted by Crippen LogP contribution is -2.30. The first-order chi connectivity index (χ1) is 10.9. The van der Waals surface area contributed by atoms with Crippen LogP contribution in [0.1, 0.15) is 17.2 Å². The number of hydrogen-bond donors (Lipinski definition) is 1. The molecule has 0 aliphatic carbocycles. The third-order valence-electron chi connectivity index (χ3n) is 3.30. The molecule has 23 heavy (non-hydrogen) atoms. The number of ether oxygens (including phenoxy) is 1. The standard InChI is InChI=1S/C16H17Cl2NO3S/c1-22-16(14-4-2-3-5-15(14)18)10-19-23(20,21)11-12-6-8-13(17)9-7-12/h2-9,16,19H,10-11H2,1H3. The zero-order valence-corrected chi connectivity index (χ0v) is 14.8. The van der Waals surface area contributed by atoms with Gasteiger partial charge >= 0.3 is 0 Å². The van der Waals surface area contributed by atoms with Gasteiger partial charge in [0.15, 0.2) is 0 Å². The fraction of sp³-hybridized carbons (Fsp3) is 0.250. The summed E-state index contributed by atoms with van der Waals surface area (Å²) in [6, 6.07) is 13.9. The molecule has 0 aliphatic heterocycles. The van der Waals surface area contributed by atoms with Gasteiger partial charge in [-0.3, -0.25) is 0 Å². The molecule has 2 rings (SSSR count). The predicted molar refractivity (Wildman–Crippen MR) is 93.3 cm³/mol. The summed E-state index contributed by atoms with van der Waals surface area (Å²) in [5.74, 6) is -0.122. The molecular weight excluding hydrogens is 357 g/mol. The molecule has 0 aromatic heterocycles. The molecule has 0 heterocycles. The Bertz CT molecular complexity index is 748. The van der Waals surface area contributed by atoms with E-state index >= 15 is 0 Å². The zero-order chi connectivity index (χ0) is 16.9. The molecule has 4 nitrogen and oxygen atoms in total. The summed E-state index contributed by atoms with van der Waals surface area (Å²) < 4.78 is 32.3. The Balaban J connectivity index is 2.02. The van der Waals surface area contributed by atoms with E-state index in [4.69, 9.17) is 27.9 Å². The quantitative estimate of drug-likeness (QED) is 0.802. The number of halogens is 2. The SMILES string of the molecule is COC(CNS(=O)(=O)Cc1ccc(Cl)cc1)c1ccccc1Cl. The van der Waals surface area contributed by atoms with Gasteiger partial charge in [-0.05, 0) is 23.8 Å². The minimum Gasteiger partial charge on any atom is -0.375 e. The molecule has 1 atom stereocenters. The average molecular weight is 374 g/mol. The number of methoxy groups -OCH3 is 1. The first-order valence-electron chi connectivity index (χ1n) is 6.90. The zero-order valence-electron chi connectivity index (χ0n) is 12.5. The van der Waals surface area contributed by atoms with Crippen LogP contribution in [0.2, 0.25) is 10.0 Å². The smallest absolute Gasteiger partial charge is 0.215 e. The van der Waals surface area contributed by atoms with Gasteiger partial charge in [0, 0.05) is 29.3 Å². The Morgan fingerprint density at radius 3 is 2.35 bits per heavy atom. The lowest BCUT2D eigenvalue weighted by atomic mass is 10.1. The number of benzene rings is 2. The van der Waals surface area contributed by atoms with Crippen LogP contribution in [0.25, 0.3) is 0 Å². The van der Waals surface area contributed by atoms with E-state index in [0.29, 0.717) is 15.6 Å². The van der Waals surface area contributed by atoms with Crippen LogP contribution < -0.4 is 4.72 Å². The van der Waals surface area contributed by atoms with Gasteiger partial charge in [0.2, 0.25) is 10.0 Å². The molecule has 1 N–H and O–H groups in total. The van der Waals surface area contributed by atoms with Gasteiger partial charge in [-0.1, -0.05) is 53.5 Å². The molecule has 0 amide bonds. The normalized spacial score (nSPS) is 13.0. The second-order valence-electron chi connectivity index (χ2n) is 4.98. The highest BCUT2D eigenvalue weighted by atomic mass is 35.5. The molecular formula is C16H17Cl2NO3S. The van der Waals surface area contributed by atoms with Crippen molar-refractivity contribution in [2.75, 3.05) is 13.7 Å². The fourth-order valence-corrected chi connectivity index (χ4v) is 3.63. The van der Waals surface area contributed by atoms with E-state index < -0.39 is 16.1 Å². The van der Waals surface area contributed by atoms with Crippen LogP contribution in [0.4, 0.5) is 0 Å². The van der Waals surface area contributed by atoms with E-state index in [0.717, 1.165) is 5.56 Å². The summed E-state index contributed by atoms with van der Waals surface area (Å²) >= 11 is 11.9. The van der Waals surface area contributed by atoms with Gasteiger partial charge in [-0.2, -0.15) is 0 Å². The molecule has 0 radical (unpaired) electrons. The van der Waals surface area contributed by atoms with E-state index in [1.165, 1.54) is 7.11 Å². The van der Waals surface area contributed by atoms with Crippen molar-refractivity contribution in [2.24, 2.45) is 0 Å². The van der Waals surface area contributed by atoms with Gasteiger partial charge in [-0.15, -0.1) is 0 Å². The van der Waals surface area contributed by atoms with Crippen molar-refractivity contribution >= 4 is 33.2 Å². The molecule has 1 unspecified atom stereocenters. The van der Waals surface area contributed by atoms with E-state index in [9.17, 15) is 8.42 Å². The van der Waals surface area contributed by atoms with Crippen molar-refractivity contribution in [1.29, 1.82) is 0 Å². The Morgan fingerprint density at radius 2 is 1.74 bits per heavy atom. The summed E-state index contributed by atoms with van der Waals surface area (Å²) in [4.78, 5) is 0. The summed E-state index contributed by atoms with van der Waals surface area (Å²) in [6.07, 6.45) is -0.455. The van der Waals surface area contributed by atoms with Crippen molar-refractivity contribution in [3.63, 3.8) is 0 Å². The summed E-state index contributed by atoms with van der Waals surface area (Å²) in [7, 11) is -1.97. The van der Waals surface area contributed by atoms with Crippen molar-refractivity contribution in [1.82, 2.24) is 4.72 Å². The molecule has 7 heteroatoms. The summed E-state index contributed by atoms with van der Waals surface area (Å²) in [6.45, 7) is 0.107. The number of rotatable bonds is 7. The molecule has 0 saturated carbocycles. The largest absolute Gasteiger partial charge is 0.375 e. The average Bonchev–Trinajstić information content (AvgIpc) is 2.51. The lowest BCUT2D eigenvalue weighted by Gasteiger charge is -2.18. The molecule has 2 aromatic carbocycles. The Hall–Kier alpha value is -1.11. The minimum absolute atomic E-state index is 0.107. The maximum Gasteiger partial charge on any atom is 0.215 e. The molecule has 0 saturated heterocycles. The van der Waals surface area contributed by atoms with E-state index in [1.807, 2.05) is 18.2 Å². The number of nitrogens with one attached hydrogen (secondary N) is 1. The predicted octanol–water partition coefficient (Wildman–Crippen LogP) is 3.80. The van der Waals surface area contributed by atoms with Gasteiger partial charge in [0.1, 0.15) is 0 Å². The highest BCUT2D eigenvalue weighted by molar-refractivity contribution is 7.88. The molecule has 0 aliphatic rings. The summed E-state index contributed by atoms with van der Waals surface area (Å²) in [5, 5.41) is 1.11. The van der Waals surface area contributed by atoms with Crippen LogP contribution in [0.15, 0.2) is 48.5 Å². The molecule has 124 valence electrons. The highest BCUT2D eigenvalue weighted by Crippen LogP contribution is 2.24. The van der Waals surface area contributed by atoms with Crippen LogP contribution in [-0.4, -0.2) is 22.1 Å². The Labute approximate surface area is 146 Å². The van der Waals surface area contributed by atoms with Crippen LogP contribution in [0.5, 0.6) is 0 Å². The fourth-order valence-electron chi connectivity index (χ4n) is 2.11. The Morgan fingerprint density at radius 1 is 1.09 bits per heavy atom. The second-order valence-corrected chi connectivity index (χ2v) is 7.63. The summed E-state index contributed by atoms with van der Waals surface area (Å²) in [5.41, 5.74) is 1.40. The molecule has 0 bridgehead atoms. The molecule has 0 spiro atoms. The monoisotopic (exact) mass is 373 g/mol. The van der Waals surface area contributed by atoms with E-state index in [1.54, 1.807) is 30.3 Å². The van der Waals surface area contributed by atoms with E-state index in [2.05, 4.69) is 4.72 Å². The molecule has 2 aromatic rings. The topological polar surface area (TPSA) is 55.4 Å². The maximum atomic E-state index is 12.2. The van der Waals surface area contributed by atoms with Crippen molar-refractivity contribution < 1.29 is 13.2 Å². The Kier molecular flexibility index (Phi) is 6.44.